The minimum absolute atomic E-state index is 0.649. The van der Waals surface area contributed by atoms with Crippen LogP contribution in [0.4, 0.5) is 0 Å². The summed E-state index contributed by atoms with van der Waals surface area (Å²) in [5.74, 6) is 1.59. The Hall–Kier alpha value is -1.53. The molecule has 0 fully saturated rings. The highest BCUT2D eigenvalue weighted by molar-refractivity contribution is 5.36. The first-order chi connectivity index (χ1) is 10.2. The van der Waals surface area contributed by atoms with E-state index in [-0.39, 0.29) is 0 Å². The van der Waals surface area contributed by atoms with Gasteiger partial charge in [0, 0.05) is 13.1 Å². The van der Waals surface area contributed by atoms with E-state index < -0.39 is 0 Å². The summed E-state index contributed by atoms with van der Waals surface area (Å²) in [6.07, 6.45) is 3.53. The molecule has 0 heterocycles. The quantitative estimate of drug-likeness (QED) is 0.608. The molecule has 0 aromatic heterocycles. The van der Waals surface area contributed by atoms with Crippen LogP contribution in [-0.4, -0.2) is 31.1 Å². The Labute approximate surface area is 129 Å². The van der Waals surface area contributed by atoms with Crippen molar-refractivity contribution in [2.24, 2.45) is 5.92 Å². The Balaban J connectivity index is 2.30. The van der Waals surface area contributed by atoms with E-state index in [4.69, 9.17) is 10.00 Å². The van der Waals surface area contributed by atoms with Gasteiger partial charge in [-0.25, -0.2) is 0 Å². The summed E-state index contributed by atoms with van der Waals surface area (Å²) >= 11 is 0. The molecule has 0 bridgehead atoms. The number of rotatable bonds is 10. The molecular weight excluding hydrogens is 260 g/mol. The predicted octanol–water partition coefficient (Wildman–Crippen LogP) is 4.09. The van der Waals surface area contributed by atoms with E-state index in [9.17, 15) is 0 Å². The van der Waals surface area contributed by atoms with E-state index in [2.05, 4.69) is 31.7 Å². The number of benzene rings is 1. The molecule has 0 aliphatic carbocycles. The van der Waals surface area contributed by atoms with Crippen LogP contribution in [0.15, 0.2) is 24.3 Å². The molecule has 0 spiro atoms. The minimum Gasteiger partial charge on any atom is -0.494 e. The van der Waals surface area contributed by atoms with Gasteiger partial charge in [-0.05, 0) is 37.1 Å². The van der Waals surface area contributed by atoms with Crippen LogP contribution < -0.4 is 4.74 Å². The zero-order chi connectivity index (χ0) is 15.5. The summed E-state index contributed by atoms with van der Waals surface area (Å²) in [4.78, 5) is 2.51. The Morgan fingerprint density at radius 2 is 2.00 bits per heavy atom. The van der Waals surface area contributed by atoms with Crippen LogP contribution in [0.1, 0.15) is 45.6 Å². The molecule has 0 radical (unpaired) electrons. The van der Waals surface area contributed by atoms with Crippen molar-refractivity contribution < 1.29 is 4.74 Å². The normalized spacial score (nSPS) is 10.9. The highest BCUT2D eigenvalue weighted by Crippen LogP contribution is 2.13. The molecule has 1 rings (SSSR count). The second-order valence-electron chi connectivity index (χ2n) is 5.42. The average molecular weight is 288 g/mol. The topological polar surface area (TPSA) is 36.3 Å². The molecule has 0 saturated carbocycles. The number of ether oxygens (including phenoxy) is 1. The van der Waals surface area contributed by atoms with Gasteiger partial charge >= 0.3 is 0 Å². The standard InChI is InChI=1S/C18H28N2O/c1-4-16(5-2)15-20(6-3)11-8-12-21-18-10-7-9-17(13-18)14-19/h7,9-10,13,16H,4-6,8,11-12,15H2,1-3H3. The van der Waals surface area contributed by atoms with Crippen LogP contribution >= 0.6 is 0 Å². The number of hydrogen-bond acceptors (Lipinski definition) is 3. The minimum atomic E-state index is 0.649. The lowest BCUT2D eigenvalue weighted by atomic mass is 10.0. The smallest absolute Gasteiger partial charge is 0.120 e. The van der Waals surface area contributed by atoms with Crippen molar-refractivity contribution in [2.75, 3.05) is 26.2 Å². The summed E-state index contributed by atoms with van der Waals surface area (Å²) < 4.78 is 5.72. The van der Waals surface area contributed by atoms with Gasteiger partial charge in [0.15, 0.2) is 0 Å². The predicted molar refractivity (Wildman–Crippen MR) is 87.5 cm³/mol. The van der Waals surface area contributed by atoms with Gasteiger partial charge in [0.05, 0.1) is 18.2 Å². The van der Waals surface area contributed by atoms with E-state index in [1.54, 1.807) is 12.1 Å². The Morgan fingerprint density at radius 1 is 1.24 bits per heavy atom. The third-order valence-corrected chi connectivity index (χ3v) is 3.97. The van der Waals surface area contributed by atoms with Gasteiger partial charge in [0.2, 0.25) is 0 Å². The molecule has 116 valence electrons. The number of hydrogen-bond donors (Lipinski definition) is 0. The molecule has 21 heavy (non-hydrogen) atoms. The molecule has 1 aromatic rings. The van der Waals surface area contributed by atoms with Crippen molar-refractivity contribution in [2.45, 2.75) is 40.0 Å². The molecule has 0 atom stereocenters. The van der Waals surface area contributed by atoms with Crippen molar-refractivity contribution in [3.05, 3.63) is 29.8 Å². The van der Waals surface area contributed by atoms with Crippen LogP contribution in [0.3, 0.4) is 0 Å². The molecule has 0 aliphatic heterocycles. The van der Waals surface area contributed by atoms with Gasteiger partial charge in [-0.2, -0.15) is 5.26 Å². The van der Waals surface area contributed by atoms with Crippen LogP contribution in [0.5, 0.6) is 5.75 Å². The van der Waals surface area contributed by atoms with Gasteiger partial charge in [-0.3, -0.25) is 0 Å². The molecule has 1 aromatic carbocycles. The maximum absolute atomic E-state index is 8.86. The second-order valence-corrected chi connectivity index (χ2v) is 5.42. The fraction of sp³-hybridized carbons (Fsp3) is 0.611. The monoisotopic (exact) mass is 288 g/mol. The van der Waals surface area contributed by atoms with Crippen LogP contribution in [-0.2, 0) is 0 Å². The first-order valence-electron chi connectivity index (χ1n) is 8.08. The molecule has 0 N–H and O–H groups in total. The van der Waals surface area contributed by atoms with Crippen LogP contribution in [0.2, 0.25) is 0 Å². The number of nitriles is 1. The first kappa shape index (κ1) is 17.5. The summed E-state index contributed by atoms with van der Waals surface area (Å²) in [5.41, 5.74) is 0.649. The Kier molecular flexibility index (Phi) is 8.54. The van der Waals surface area contributed by atoms with Crippen molar-refractivity contribution in [1.82, 2.24) is 4.90 Å². The Morgan fingerprint density at radius 3 is 2.62 bits per heavy atom. The zero-order valence-electron chi connectivity index (χ0n) is 13.6. The van der Waals surface area contributed by atoms with Crippen LogP contribution in [0.25, 0.3) is 0 Å². The molecular formula is C18H28N2O. The molecule has 0 amide bonds. The van der Waals surface area contributed by atoms with Crippen molar-refractivity contribution in [1.29, 1.82) is 5.26 Å². The molecule has 3 heteroatoms. The lowest BCUT2D eigenvalue weighted by Crippen LogP contribution is -2.30. The Bertz CT molecular complexity index is 435. The van der Waals surface area contributed by atoms with Gasteiger partial charge in [0.1, 0.15) is 5.75 Å². The van der Waals surface area contributed by atoms with E-state index in [1.165, 1.54) is 19.4 Å². The lowest BCUT2D eigenvalue weighted by molar-refractivity contribution is 0.209. The van der Waals surface area contributed by atoms with Crippen molar-refractivity contribution in [3.8, 4) is 11.8 Å². The maximum atomic E-state index is 8.86. The van der Waals surface area contributed by atoms with E-state index >= 15 is 0 Å². The average Bonchev–Trinajstić information content (AvgIpc) is 2.54. The van der Waals surface area contributed by atoms with E-state index in [0.717, 1.165) is 31.2 Å². The molecule has 3 nitrogen and oxygen atoms in total. The van der Waals surface area contributed by atoms with Gasteiger partial charge in [0.25, 0.3) is 0 Å². The largest absolute Gasteiger partial charge is 0.494 e. The summed E-state index contributed by atoms with van der Waals surface area (Å²) in [5, 5.41) is 8.86. The summed E-state index contributed by atoms with van der Waals surface area (Å²) in [6, 6.07) is 9.48. The van der Waals surface area contributed by atoms with Gasteiger partial charge < -0.3 is 9.64 Å². The highest BCUT2D eigenvalue weighted by Gasteiger charge is 2.09. The fourth-order valence-electron chi connectivity index (χ4n) is 2.42. The third-order valence-electron chi connectivity index (χ3n) is 3.97. The first-order valence-corrected chi connectivity index (χ1v) is 8.08. The maximum Gasteiger partial charge on any atom is 0.120 e. The van der Waals surface area contributed by atoms with E-state index in [0.29, 0.717) is 12.2 Å². The third kappa shape index (κ3) is 6.64. The van der Waals surface area contributed by atoms with Crippen LogP contribution in [0, 0.1) is 17.2 Å². The SMILES string of the molecule is CCC(CC)CN(CC)CCCOc1cccc(C#N)c1. The summed E-state index contributed by atoms with van der Waals surface area (Å²) in [7, 11) is 0. The van der Waals surface area contributed by atoms with Crippen molar-refractivity contribution in [3.63, 3.8) is 0 Å². The van der Waals surface area contributed by atoms with Gasteiger partial charge in [-0.1, -0.05) is 39.7 Å². The lowest BCUT2D eigenvalue weighted by Gasteiger charge is -2.25. The zero-order valence-corrected chi connectivity index (χ0v) is 13.6. The van der Waals surface area contributed by atoms with E-state index in [1.807, 2.05) is 12.1 Å². The second kappa shape index (κ2) is 10.2. The fourth-order valence-corrected chi connectivity index (χ4v) is 2.42. The highest BCUT2D eigenvalue weighted by atomic mass is 16.5. The molecule has 0 unspecified atom stereocenters. The molecule has 0 saturated heterocycles. The van der Waals surface area contributed by atoms with Gasteiger partial charge in [-0.15, -0.1) is 0 Å². The molecule has 0 aliphatic rings. The summed E-state index contributed by atoms with van der Waals surface area (Å²) in [6.45, 7) is 10.8. The van der Waals surface area contributed by atoms with Crippen molar-refractivity contribution >= 4 is 0 Å². The number of nitrogens with zero attached hydrogens (tertiary/aromatic N) is 2.